The van der Waals surface area contributed by atoms with Crippen LogP contribution in [0.15, 0.2) is 59.9 Å². The number of rotatable bonds is 3. The first-order valence-corrected chi connectivity index (χ1v) is 6.46. The van der Waals surface area contributed by atoms with Gasteiger partial charge in [-0.1, -0.05) is 49.4 Å². The van der Waals surface area contributed by atoms with Gasteiger partial charge in [-0.3, -0.25) is 0 Å². The Morgan fingerprint density at radius 2 is 1.83 bits per heavy atom. The van der Waals surface area contributed by atoms with E-state index in [-0.39, 0.29) is 0 Å². The van der Waals surface area contributed by atoms with Gasteiger partial charge in [0.15, 0.2) is 0 Å². The third kappa shape index (κ3) is 2.56. The van der Waals surface area contributed by atoms with Crippen LogP contribution in [-0.4, -0.2) is 7.11 Å². The predicted octanol–water partition coefficient (Wildman–Crippen LogP) is 4.59. The molecule has 94 valence electrons. The Hall–Kier alpha value is -1.76. The van der Waals surface area contributed by atoms with E-state index in [1.54, 1.807) is 7.11 Å². The SMILES string of the molecule is CCC1C=C(C)C(OC)=CC=C1c1ccccc1. The summed E-state index contributed by atoms with van der Waals surface area (Å²) in [5.41, 5.74) is 3.87. The molecule has 0 radical (unpaired) electrons. The van der Waals surface area contributed by atoms with Crippen molar-refractivity contribution < 1.29 is 4.74 Å². The Labute approximate surface area is 109 Å². The molecule has 0 N–H and O–H groups in total. The maximum absolute atomic E-state index is 5.41. The smallest absolute Gasteiger partial charge is 0.121 e. The highest BCUT2D eigenvalue weighted by molar-refractivity contribution is 5.71. The normalized spacial score (nSPS) is 19.5. The van der Waals surface area contributed by atoms with Gasteiger partial charge in [-0.05, 0) is 36.1 Å². The van der Waals surface area contributed by atoms with Gasteiger partial charge in [-0.25, -0.2) is 0 Å². The monoisotopic (exact) mass is 240 g/mol. The highest BCUT2D eigenvalue weighted by atomic mass is 16.5. The molecule has 0 spiro atoms. The fourth-order valence-corrected chi connectivity index (χ4v) is 2.40. The van der Waals surface area contributed by atoms with Gasteiger partial charge >= 0.3 is 0 Å². The van der Waals surface area contributed by atoms with Gasteiger partial charge in [0.05, 0.1) is 7.11 Å². The molecular weight excluding hydrogens is 220 g/mol. The largest absolute Gasteiger partial charge is 0.497 e. The lowest BCUT2D eigenvalue weighted by atomic mass is 9.89. The minimum atomic E-state index is 0.455. The second-order valence-corrected chi connectivity index (χ2v) is 4.59. The van der Waals surface area contributed by atoms with Gasteiger partial charge in [-0.2, -0.15) is 0 Å². The molecule has 1 heteroatoms. The lowest BCUT2D eigenvalue weighted by Gasteiger charge is -2.15. The molecule has 0 fully saturated rings. The zero-order valence-corrected chi connectivity index (χ0v) is 11.3. The van der Waals surface area contributed by atoms with E-state index in [1.807, 2.05) is 0 Å². The Morgan fingerprint density at radius 1 is 1.11 bits per heavy atom. The standard InChI is InChI=1S/C17H20O/c1-4-14-12-13(2)17(18-3)11-10-16(14)15-8-6-5-7-9-15/h5-12,14H,4H2,1-3H3. The van der Waals surface area contributed by atoms with Gasteiger partial charge in [0.25, 0.3) is 0 Å². The van der Waals surface area contributed by atoms with Crippen LogP contribution in [0.3, 0.4) is 0 Å². The number of hydrogen-bond donors (Lipinski definition) is 0. The molecule has 1 unspecified atom stereocenters. The van der Waals surface area contributed by atoms with Crippen molar-refractivity contribution in [3.05, 3.63) is 65.5 Å². The third-order valence-corrected chi connectivity index (χ3v) is 3.42. The van der Waals surface area contributed by atoms with E-state index in [4.69, 9.17) is 4.74 Å². The lowest BCUT2D eigenvalue weighted by Crippen LogP contribution is -1.99. The molecular formula is C17H20O. The predicted molar refractivity (Wildman–Crippen MR) is 77.0 cm³/mol. The van der Waals surface area contributed by atoms with Gasteiger partial charge < -0.3 is 4.74 Å². The molecule has 1 aromatic rings. The van der Waals surface area contributed by atoms with Gasteiger partial charge in [0, 0.05) is 5.92 Å². The summed E-state index contributed by atoms with van der Waals surface area (Å²) < 4.78 is 5.41. The Kier molecular flexibility index (Phi) is 4.03. The number of benzene rings is 1. The molecule has 2 rings (SSSR count). The molecule has 0 heterocycles. The second-order valence-electron chi connectivity index (χ2n) is 4.59. The molecule has 1 atom stereocenters. The maximum atomic E-state index is 5.41. The Bertz CT molecular complexity index is 492. The van der Waals surface area contributed by atoms with Crippen LogP contribution in [0.2, 0.25) is 0 Å². The van der Waals surface area contributed by atoms with Crippen LogP contribution in [-0.2, 0) is 4.74 Å². The van der Waals surface area contributed by atoms with Crippen LogP contribution in [0.4, 0.5) is 0 Å². The third-order valence-electron chi connectivity index (χ3n) is 3.42. The summed E-state index contributed by atoms with van der Waals surface area (Å²) in [6.45, 7) is 4.34. The summed E-state index contributed by atoms with van der Waals surface area (Å²) in [6.07, 6.45) is 7.67. The molecule has 1 aromatic carbocycles. The quantitative estimate of drug-likeness (QED) is 0.751. The highest BCUT2D eigenvalue weighted by Gasteiger charge is 2.15. The summed E-state index contributed by atoms with van der Waals surface area (Å²) >= 11 is 0. The average molecular weight is 240 g/mol. The van der Waals surface area contributed by atoms with Crippen LogP contribution < -0.4 is 0 Å². The number of methoxy groups -OCH3 is 1. The Balaban J connectivity index is 2.45. The van der Waals surface area contributed by atoms with Crippen molar-refractivity contribution in [3.8, 4) is 0 Å². The first-order chi connectivity index (χ1) is 8.76. The molecule has 0 saturated heterocycles. The van der Waals surface area contributed by atoms with E-state index in [1.165, 1.54) is 16.7 Å². The minimum absolute atomic E-state index is 0.455. The van der Waals surface area contributed by atoms with Crippen molar-refractivity contribution in [2.24, 2.45) is 5.92 Å². The average Bonchev–Trinajstić information content (AvgIpc) is 2.58. The topological polar surface area (TPSA) is 9.23 Å². The summed E-state index contributed by atoms with van der Waals surface area (Å²) in [6, 6.07) is 10.6. The van der Waals surface area contributed by atoms with E-state index in [9.17, 15) is 0 Å². The molecule has 1 aliphatic rings. The van der Waals surface area contributed by atoms with E-state index < -0.39 is 0 Å². The summed E-state index contributed by atoms with van der Waals surface area (Å²) in [5, 5.41) is 0. The first-order valence-electron chi connectivity index (χ1n) is 6.46. The molecule has 0 bridgehead atoms. The second kappa shape index (κ2) is 5.72. The molecule has 1 aliphatic carbocycles. The zero-order chi connectivity index (χ0) is 13.0. The minimum Gasteiger partial charge on any atom is -0.497 e. The number of ether oxygens (including phenoxy) is 1. The first kappa shape index (κ1) is 12.7. The summed E-state index contributed by atoms with van der Waals surface area (Å²) in [7, 11) is 1.73. The van der Waals surface area contributed by atoms with E-state index in [0.717, 1.165) is 12.2 Å². The van der Waals surface area contributed by atoms with Gasteiger partial charge in [-0.15, -0.1) is 0 Å². The maximum Gasteiger partial charge on any atom is 0.121 e. The van der Waals surface area contributed by atoms with E-state index >= 15 is 0 Å². The summed E-state index contributed by atoms with van der Waals surface area (Å²) in [4.78, 5) is 0. The van der Waals surface area contributed by atoms with Crippen LogP contribution in [0, 0.1) is 5.92 Å². The van der Waals surface area contributed by atoms with Crippen molar-refractivity contribution in [2.45, 2.75) is 20.3 Å². The van der Waals surface area contributed by atoms with Crippen molar-refractivity contribution in [2.75, 3.05) is 7.11 Å². The Morgan fingerprint density at radius 3 is 2.44 bits per heavy atom. The highest BCUT2D eigenvalue weighted by Crippen LogP contribution is 2.32. The molecule has 0 amide bonds. The van der Waals surface area contributed by atoms with Crippen LogP contribution in [0.1, 0.15) is 25.8 Å². The summed E-state index contributed by atoms with van der Waals surface area (Å²) in [5.74, 6) is 1.41. The van der Waals surface area contributed by atoms with E-state index in [2.05, 4.69) is 62.4 Å². The van der Waals surface area contributed by atoms with Crippen molar-refractivity contribution >= 4 is 5.57 Å². The fraction of sp³-hybridized carbons (Fsp3) is 0.294. The molecule has 18 heavy (non-hydrogen) atoms. The van der Waals surface area contributed by atoms with Crippen molar-refractivity contribution in [1.29, 1.82) is 0 Å². The molecule has 0 aliphatic heterocycles. The number of hydrogen-bond acceptors (Lipinski definition) is 1. The van der Waals surface area contributed by atoms with Crippen LogP contribution >= 0.6 is 0 Å². The van der Waals surface area contributed by atoms with Crippen LogP contribution in [0.25, 0.3) is 5.57 Å². The van der Waals surface area contributed by atoms with Gasteiger partial charge in [0.2, 0.25) is 0 Å². The van der Waals surface area contributed by atoms with E-state index in [0.29, 0.717) is 5.92 Å². The van der Waals surface area contributed by atoms with Crippen LogP contribution in [0.5, 0.6) is 0 Å². The molecule has 0 saturated carbocycles. The van der Waals surface area contributed by atoms with Crippen molar-refractivity contribution in [1.82, 2.24) is 0 Å². The molecule has 0 aromatic heterocycles. The van der Waals surface area contributed by atoms with Crippen molar-refractivity contribution in [3.63, 3.8) is 0 Å². The zero-order valence-electron chi connectivity index (χ0n) is 11.3. The lowest BCUT2D eigenvalue weighted by molar-refractivity contribution is 0.300. The number of allylic oxidation sites excluding steroid dienone is 5. The fourth-order valence-electron chi connectivity index (χ4n) is 2.40. The molecule has 1 nitrogen and oxygen atoms in total. The van der Waals surface area contributed by atoms with Gasteiger partial charge in [0.1, 0.15) is 5.76 Å².